The van der Waals surface area contributed by atoms with Crippen LogP contribution >= 0.6 is 0 Å². The molecule has 12 rings (SSSR count). The van der Waals surface area contributed by atoms with Crippen LogP contribution in [0.2, 0.25) is 0 Å². The van der Waals surface area contributed by atoms with Gasteiger partial charge in [0.05, 0.1) is 5.69 Å². The smallest absolute Gasteiger partial charge is 0.257 e. The van der Waals surface area contributed by atoms with Crippen molar-refractivity contribution in [1.82, 2.24) is 0 Å². The van der Waals surface area contributed by atoms with E-state index in [-0.39, 0.29) is 33.8 Å². The van der Waals surface area contributed by atoms with E-state index in [1.54, 1.807) is 0 Å². The zero-order valence-corrected chi connectivity index (χ0v) is 41.8. The van der Waals surface area contributed by atoms with E-state index in [1.807, 2.05) is 0 Å². The number of hydrogen-bond donors (Lipinski definition) is 0. The number of benzene rings is 7. The van der Waals surface area contributed by atoms with Gasteiger partial charge in [-0.3, -0.25) is 0 Å². The van der Waals surface area contributed by atoms with Gasteiger partial charge in [-0.15, -0.1) is 0 Å². The van der Waals surface area contributed by atoms with Crippen LogP contribution in [0.4, 0.5) is 34.1 Å². The Balaban J connectivity index is 1.24. The van der Waals surface area contributed by atoms with Crippen molar-refractivity contribution in [2.75, 3.05) is 9.80 Å². The van der Waals surface area contributed by atoms with Crippen LogP contribution in [0, 0.1) is 6.92 Å². The van der Waals surface area contributed by atoms with E-state index in [9.17, 15) is 0 Å². The molecule has 0 radical (unpaired) electrons. The van der Waals surface area contributed by atoms with Crippen molar-refractivity contribution in [2.45, 2.75) is 136 Å². The number of anilines is 6. The summed E-state index contributed by atoms with van der Waals surface area (Å²) < 4.78 is 7.23. The Bertz CT molecular complexity index is 3380. The minimum Gasteiger partial charge on any atom is -0.457 e. The van der Waals surface area contributed by atoms with E-state index < -0.39 is 0 Å². The van der Waals surface area contributed by atoms with Crippen LogP contribution in [0.3, 0.4) is 0 Å². The molecule has 2 aliphatic carbocycles. The Hall–Kier alpha value is -6.00. The van der Waals surface area contributed by atoms with Crippen molar-refractivity contribution in [3.8, 4) is 11.1 Å². The fourth-order valence-corrected chi connectivity index (χ4v) is 12.8. The van der Waals surface area contributed by atoms with Crippen LogP contribution in [-0.4, -0.2) is 6.71 Å². The molecule has 0 unspecified atom stereocenters. The van der Waals surface area contributed by atoms with Crippen LogP contribution in [0.15, 0.2) is 132 Å². The van der Waals surface area contributed by atoms with Crippen molar-refractivity contribution < 1.29 is 4.42 Å². The van der Waals surface area contributed by atoms with Gasteiger partial charge < -0.3 is 14.2 Å². The van der Waals surface area contributed by atoms with Crippen molar-refractivity contribution in [3.05, 3.63) is 161 Å². The lowest BCUT2D eigenvalue weighted by Gasteiger charge is -2.48. The first kappa shape index (κ1) is 42.4. The van der Waals surface area contributed by atoms with Gasteiger partial charge in [0, 0.05) is 44.8 Å². The number of furan rings is 1. The maximum absolute atomic E-state index is 7.23. The van der Waals surface area contributed by atoms with E-state index in [4.69, 9.17) is 4.42 Å². The summed E-state index contributed by atoms with van der Waals surface area (Å²) in [6.07, 6.45) is 4.67. The lowest BCUT2D eigenvalue weighted by molar-refractivity contribution is 0.332. The van der Waals surface area contributed by atoms with E-state index in [2.05, 4.69) is 220 Å². The highest BCUT2D eigenvalue weighted by molar-refractivity contribution is 7.01. The highest BCUT2D eigenvalue weighted by atomic mass is 16.3. The SMILES string of the molecule is Cc1cc2c3c(c1)N(c1ccc(C(C)(C)C)cc1-c1ccccc1)c1ccc4c(oc5ccccc54)c1B3c1cc3c(cc1N2c1ccc2c(c1)C(C)(C)CCC2(C)C)C(C)(C)CCC3(C)C. The topological polar surface area (TPSA) is 19.6 Å². The summed E-state index contributed by atoms with van der Waals surface area (Å²) in [4.78, 5) is 5.28. The van der Waals surface area contributed by atoms with E-state index in [0.29, 0.717) is 0 Å². The van der Waals surface area contributed by atoms with E-state index in [1.165, 1.54) is 113 Å². The van der Waals surface area contributed by atoms with Gasteiger partial charge in [-0.05, 0) is 176 Å². The van der Waals surface area contributed by atoms with E-state index in [0.717, 1.165) is 29.4 Å². The second-order valence-corrected chi connectivity index (χ2v) is 24.4. The third-order valence-electron chi connectivity index (χ3n) is 17.0. The lowest BCUT2D eigenvalue weighted by Crippen LogP contribution is -2.62. The van der Waals surface area contributed by atoms with Crippen molar-refractivity contribution >= 4 is 79.2 Å². The molecule has 67 heavy (non-hydrogen) atoms. The summed E-state index contributed by atoms with van der Waals surface area (Å²) in [6, 6.07) is 49.3. The monoisotopic (exact) mass is 877 g/mol. The Labute approximate surface area is 399 Å². The first-order valence-corrected chi connectivity index (χ1v) is 25.0. The number of para-hydroxylation sites is 1. The van der Waals surface area contributed by atoms with Gasteiger partial charge in [0.2, 0.25) is 0 Å². The fraction of sp³-hybridized carbons (Fsp3) is 0.333. The Kier molecular flexibility index (Phi) is 8.87. The summed E-state index contributed by atoms with van der Waals surface area (Å²) in [5.41, 5.74) is 24.3. The normalized spacial score (nSPS) is 18.3. The van der Waals surface area contributed by atoms with Crippen molar-refractivity contribution in [3.63, 3.8) is 0 Å². The quantitative estimate of drug-likeness (QED) is 0.165. The molecule has 0 spiro atoms. The molecule has 0 amide bonds. The van der Waals surface area contributed by atoms with Gasteiger partial charge >= 0.3 is 0 Å². The summed E-state index contributed by atoms with van der Waals surface area (Å²) in [5.74, 6) is 0. The Morgan fingerprint density at radius 2 is 1.09 bits per heavy atom. The second kappa shape index (κ2) is 14.0. The molecule has 1 aromatic heterocycles. The van der Waals surface area contributed by atoms with Gasteiger partial charge in [0.15, 0.2) is 0 Å². The molecule has 0 N–H and O–H groups in total. The number of hydrogen-bond acceptors (Lipinski definition) is 3. The molecule has 2 aliphatic heterocycles. The summed E-state index contributed by atoms with van der Waals surface area (Å²) >= 11 is 0. The van der Waals surface area contributed by atoms with Crippen LogP contribution in [0.5, 0.6) is 0 Å². The molecule has 0 atom stereocenters. The summed E-state index contributed by atoms with van der Waals surface area (Å²) in [7, 11) is 0. The van der Waals surface area contributed by atoms with Gasteiger partial charge in [0.1, 0.15) is 11.2 Å². The molecular weight excluding hydrogens is 812 g/mol. The maximum atomic E-state index is 7.23. The van der Waals surface area contributed by atoms with Gasteiger partial charge in [-0.1, -0.05) is 143 Å². The van der Waals surface area contributed by atoms with Gasteiger partial charge in [-0.2, -0.15) is 0 Å². The molecule has 4 heteroatoms. The highest BCUT2D eigenvalue weighted by Gasteiger charge is 2.48. The number of fused-ring (bicyclic) bond motifs is 10. The second-order valence-electron chi connectivity index (χ2n) is 24.4. The third kappa shape index (κ3) is 6.23. The maximum Gasteiger partial charge on any atom is 0.257 e. The zero-order valence-electron chi connectivity index (χ0n) is 41.8. The first-order chi connectivity index (χ1) is 31.7. The van der Waals surface area contributed by atoms with Gasteiger partial charge in [0.25, 0.3) is 6.71 Å². The Morgan fingerprint density at radius 3 is 1.78 bits per heavy atom. The lowest BCUT2D eigenvalue weighted by atomic mass is 9.33. The third-order valence-corrected chi connectivity index (χ3v) is 17.0. The molecule has 3 nitrogen and oxygen atoms in total. The predicted octanol–water partition coefficient (Wildman–Crippen LogP) is 15.6. The standard InChI is InChI=1S/C63H65BN2O/c1-38-32-53-56-54(33-38)66(50-26-22-40(59(2,3)4)34-44(50)39-18-14-13-15-19-39)51-27-24-43-42-20-16-17-21-55(42)67-58(43)57(51)64(56)49-36-47-48(63(11,12)31-30-62(47,9)10)37-52(49)65(53)41-23-25-45-46(35-41)61(7,8)29-28-60(45,5)6/h13-27,32-37H,28-31H2,1-12H3. The molecule has 0 saturated heterocycles. The number of rotatable bonds is 3. The minimum atomic E-state index is -0.0828. The molecule has 0 saturated carbocycles. The van der Waals surface area contributed by atoms with Crippen LogP contribution in [0.25, 0.3) is 33.1 Å². The molecule has 8 aromatic rings. The number of nitrogens with zero attached hydrogens (tertiary/aromatic N) is 2. The average molecular weight is 877 g/mol. The Morgan fingerprint density at radius 1 is 0.493 bits per heavy atom. The van der Waals surface area contributed by atoms with Crippen LogP contribution < -0.4 is 26.2 Å². The molecule has 7 aromatic carbocycles. The van der Waals surface area contributed by atoms with Crippen LogP contribution in [0.1, 0.15) is 135 Å². The molecule has 3 heterocycles. The van der Waals surface area contributed by atoms with Crippen molar-refractivity contribution in [2.24, 2.45) is 0 Å². The molecule has 336 valence electrons. The molecule has 0 bridgehead atoms. The largest absolute Gasteiger partial charge is 0.457 e. The average Bonchev–Trinajstić information content (AvgIpc) is 3.68. The van der Waals surface area contributed by atoms with E-state index >= 15 is 0 Å². The fourth-order valence-electron chi connectivity index (χ4n) is 12.8. The predicted molar refractivity (Wildman–Crippen MR) is 287 cm³/mol. The zero-order chi connectivity index (χ0) is 46.7. The number of aryl methyl sites for hydroxylation is 1. The molecule has 0 fully saturated rings. The van der Waals surface area contributed by atoms with Crippen molar-refractivity contribution in [1.29, 1.82) is 0 Å². The van der Waals surface area contributed by atoms with Gasteiger partial charge in [-0.25, -0.2) is 0 Å². The highest BCUT2D eigenvalue weighted by Crippen LogP contribution is 2.54. The molecular formula is C63H65BN2O. The molecule has 4 aliphatic rings. The van der Waals surface area contributed by atoms with Crippen LogP contribution in [-0.2, 0) is 27.1 Å². The minimum absolute atomic E-state index is 0.0246. The summed E-state index contributed by atoms with van der Waals surface area (Å²) in [6.45, 7) is 28.9. The first-order valence-electron chi connectivity index (χ1n) is 25.0. The summed E-state index contributed by atoms with van der Waals surface area (Å²) in [5, 5.41) is 2.33.